The maximum absolute atomic E-state index is 4.30. The Kier molecular flexibility index (Phi) is 5.53. The third-order valence-electron chi connectivity index (χ3n) is 2.66. The summed E-state index contributed by atoms with van der Waals surface area (Å²) in [5.74, 6) is 0.552. The Hall–Kier alpha value is -0.480. The average Bonchev–Trinajstić information content (AvgIpc) is 2.70. The highest BCUT2D eigenvalue weighted by Gasteiger charge is 2.14. The summed E-state index contributed by atoms with van der Waals surface area (Å²) >= 11 is 1.75. The number of hydrogen-bond donors (Lipinski definition) is 1. The van der Waals surface area contributed by atoms with Crippen LogP contribution in [0, 0.1) is 0 Å². The van der Waals surface area contributed by atoms with E-state index in [-0.39, 0.29) is 5.54 Å². The molecule has 0 amide bonds. The second-order valence-electron chi connectivity index (χ2n) is 5.68. The van der Waals surface area contributed by atoms with E-state index in [1.54, 1.807) is 11.3 Å². The van der Waals surface area contributed by atoms with E-state index in [4.69, 9.17) is 0 Å². The Morgan fingerprint density at radius 3 is 2.59 bits per heavy atom. The number of rotatable bonds is 6. The molecule has 0 radical (unpaired) electrons. The maximum atomic E-state index is 4.30. The van der Waals surface area contributed by atoms with Crippen molar-refractivity contribution in [2.45, 2.75) is 71.9 Å². The van der Waals surface area contributed by atoms with Crippen molar-refractivity contribution in [1.29, 1.82) is 0 Å². The van der Waals surface area contributed by atoms with Gasteiger partial charge in [0, 0.05) is 11.5 Å². The van der Waals surface area contributed by atoms with Gasteiger partial charge in [-0.15, -0.1) is 10.2 Å². The van der Waals surface area contributed by atoms with Crippen LogP contribution in [0.5, 0.6) is 0 Å². The molecule has 1 unspecified atom stereocenters. The van der Waals surface area contributed by atoms with Crippen LogP contribution in [0.4, 0.5) is 0 Å². The normalized spacial score (nSPS) is 13.9. The molecule has 1 heterocycles. The topological polar surface area (TPSA) is 37.8 Å². The van der Waals surface area contributed by atoms with Gasteiger partial charge < -0.3 is 5.32 Å². The highest BCUT2D eigenvalue weighted by molar-refractivity contribution is 7.11. The lowest BCUT2D eigenvalue weighted by molar-refractivity contribution is 0.423. The Bertz CT molecular complexity index is 328. The molecule has 0 aliphatic heterocycles. The molecule has 0 aliphatic rings. The standard InChI is InChI=1S/C13H25N3S/c1-6-7-8-10(2)12-16-15-11(17-12)9-14-13(3,4)5/h10,14H,6-9H2,1-5H3. The monoisotopic (exact) mass is 255 g/mol. The summed E-state index contributed by atoms with van der Waals surface area (Å²) < 4.78 is 0. The largest absolute Gasteiger partial charge is 0.306 e. The molecule has 4 heteroatoms. The molecule has 1 aromatic heterocycles. The van der Waals surface area contributed by atoms with Crippen LogP contribution in [-0.4, -0.2) is 15.7 Å². The van der Waals surface area contributed by atoms with Gasteiger partial charge in [0.2, 0.25) is 0 Å². The first-order valence-corrected chi connectivity index (χ1v) is 7.31. The van der Waals surface area contributed by atoms with E-state index < -0.39 is 0 Å². The third-order valence-corrected chi connectivity index (χ3v) is 3.82. The molecule has 0 fully saturated rings. The highest BCUT2D eigenvalue weighted by Crippen LogP contribution is 2.24. The number of hydrogen-bond acceptors (Lipinski definition) is 4. The SMILES string of the molecule is CCCCC(C)c1nnc(CNC(C)(C)C)s1. The van der Waals surface area contributed by atoms with Crippen LogP contribution in [0.3, 0.4) is 0 Å². The molecule has 1 rings (SSSR count). The van der Waals surface area contributed by atoms with Gasteiger partial charge in [-0.25, -0.2) is 0 Å². The summed E-state index contributed by atoms with van der Waals surface area (Å²) in [6.07, 6.45) is 3.75. The van der Waals surface area contributed by atoms with Gasteiger partial charge in [-0.2, -0.15) is 0 Å². The quantitative estimate of drug-likeness (QED) is 0.842. The molecular formula is C13H25N3S. The fraction of sp³-hybridized carbons (Fsp3) is 0.846. The predicted molar refractivity (Wildman–Crippen MR) is 74.4 cm³/mol. The van der Waals surface area contributed by atoms with Gasteiger partial charge in [0.05, 0.1) is 6.54 Å². The minimum Gasteiger partial charge on any atom is -0.306 e. The van der Waals surface area contributed by atoms with Gasteiger partial charge in [0.1, 0.15) is 10.0 Å². The highest BCUT2D eigenvalue weighted by atomic mass is 32.1. The zero-order chi connectivity index (χ0) is 12.9. The molecule has 0 saturated heterocycles. The van der Waals surface area contributed by atoms with Crippen LogP contribution >= 0.6 is 11.3 Å². The summed E-state index contributed by atoms with van der Waals surface area (Å²) in [4.78, 5) is 0. The summed E-state index contributed by atoms with van der Waals surface area (Å²) in [5, 5.41) is 14.3. The zero-order valence-corrected chi connectivity index (χ0v) is 12.5. The van der Waals surface area contributed by atoms with E-state index >= 15 is 0 Å². The maximum Gasteiger partial charge on any atom is 0.131 e. The van der Waals surface area contributed by atoms with Crippen molar-refractivity contribution in [3.8, 4) is 0 Å². The minimum atomic E-state index is 0.139. The molecule has 98 valence electrons. The van der Waals surface area contributed by atoms with Crippen LogP contribution in [-0.2, 0) is 6.54 Å². The van der Waals surface area contributed by atoms with E-state index in [0.717, 1.165) is 11.6 Å². The van der Waals surface area contributed by atoms with Crippen molar-refractivity contribution >= 4 is 11.3 Å². The Morgan fingerprint density at radius 1 is 1.29 bits per heavy atom. The Labute approximate surface area is 109 Å². The number of aromatic nitrogens is 2. The Morgan fingerprint density at radius 2 is 2.00 bits per heavy atom. The van der Waals surface area contributed by atoms with Crippen LogP contribution in [0.1, 0.15) is 69.8 Å². The first-order valence-electron chi connectivity index (χ1n) is 6.49. The van der Waals surface area contributed by atoms with Gasteiger partial charge in [-0.3, -0.25) is 0 Å². The number of nitrogens with one attached hydrogen (secondary N) is 1. The molecule has 17 heavy (non-hydrogen) atoms. The first-order chi connectivity index (χ1) is 7.92. The number of unbranched alkanes of at least 4 members (excludes halogenated alkanes) is 1. The van der Waals surface area contributed by atoms with Crippen molar-refractivity contribution in [3.63, 3.8) is 0 Å². The van der Waals surface area contributed by atoms with E-state index in [2.05, 4.69) is 50.1 Å². The lowest BCUT2D eigenvalue weighted by Gasteiger charge is -2.19. The molecule has 1 atom stereocenters. The van der Waals surface area contributed by atoms with Crippen molar-refractivity contribution in [2.24, 2.45) is 0 Å². The molecule has 3 nitrogen and oxygen atoms in total. The fourth-order valence-corrected chi connectivity index (χ4v) is 2.38. The molecule has 1 N–H and O–H groups in total. The molecule has 0 saturated carbocycles. The summed E-state index contributed by atoms with van der Waals surface area (Å²) in [5.41, 5.74) is 0.139. The predicted octanol–water partition coefficient (Wildman–Crippen LogP) is 3.72. The van der Waals surface area contributed by atoms with Crippen LogP contribution in [0.25, 0.3) is 0 Å². The van der Waals surface area contributed by atoms with Crippen LogP contribution < -0.4 is 5.32 Å². The Balaban J connectivity index is 2.47. The lowest BCUT2D eigenvalue weighted by Crippen LogP contribution is -2.35. The fourth-order valence-electron chi connectivity index (χ4n) is 1.51. The average molecular weight is 255 g/mol. The minimum absolute atomic E-state index is 0.139. The molecular weight excluding hydrogens is 230 g/mol. The van der Waals surface area contributed by atoms with E-state index in [1.165, 1.54) is 24.3 Å². The van der Waals surface area contributed by atoms with Gasteiger partial charge in [0.15, 0.2) is 0 Å². The summed E-state index contributed by atoms with van der Waals surface area (Å²) in [6.45, 7) is 11.8. The van der Waals surface area contributed by atoms with Crippen molar-refractivity contribution in [2.75, 3.05) is 0 Å². The van der Waals surface area contributed by atoms with E-state index in [1.807, 2.05) is 0 Å². The van der Waals surface area contributed by atoms with Gasteiger partial charge in [-0.05, 0) is 27.2 Å². The smallest absolute Gasteiger partial charge is 0.131 e. The second kappa shape index (κ2) is 6.45. The summed E-state index contributed by atoms with van der Waals surface area (Å²) in [6, 6.07) is 0. The second-order valence-corrected chi connectivity index (χ2v) is 6.77. The van der Waals surface area contributed by atoms with E-state index in [9.17, 15) is 0 Å². The zero-order valence-electron chi connectivity index (χ0n) is 11.7. The van der Waals surface area contributed by atoms with Crippen LogP contribution in [0.15, 0.2) is 0 Å². The molecule has 0 aliphatic carbocycles. The first kappa shape index (κ1) is 14.6. The van der Waals surface area contributed by atoms with Crippen molar-refractivity contribution in [1.82, 2.24) is 15.5 Å². The van der Waals surface area contributed by atoms with Gasteiger partial charge in [-0.1, -0.05) is 38.0 Å². The number of nitrogens with zero attached hydrogens (tertiary/aromatic N) is 2. The van der Waals surface area contributed by atoms with Crippen LogP contribution in [0.2, 0.25) is 0 Å². The molecule has 1 aromatic rings. The summed E-state index contributed by atoms with van der Waals surface area (Å²) in [7, 11) is 0. The van der Waals surface area contributed by atoms with E-state index in [0.29, 0.717) is 5.92 Å². The third kappa shape index (κ3) is 5.59. The molecule has 0 aromatic carbocycles. The van der Waals surface area contributed by atoms with Gasteiger partial charge in [0.25, 0.3) is 0 Å². The van der Waals surface area contributed by atoms with Crippen molar-refractivity contribution in [3.05, 3.63) is 10.0 Å². The molecule has 0 bridgehead atoms. The van der Waals surface area contributed by atoms with Gasteiger partial charge >= 0.3 is 0 Å². The van der Waals surface area contributed by atoms with Crippen molar-refractivity contribution < 1.29 is 0 Å². The lowest BCUT2D eigenvalue weighted by atomic mass is 10.1. The molecule has 0 spiro atoms.